The van der Waals surface area contributed by atoms with Crippen LogP contribution in [0.5, 0.6) is 0 Å². The summed E-state index contributed by atoms with van der Waals surface area (Å²) in [6, 6.07) is 6.55. The Morgan fingerprint density at radius 3 is 2.63 bits per heavy atom. The van der Waals surface area contributed by atoms with Gasteiger partial charge in [0.2, 0.25) is 0 Å². The quantitative estimate of drug-likeness (QED) is 0.714. The molecule has 1 fully saturated rings. The van der Waals surface area contributed by atoms with Crippen LogP contribution in [0.15, 0.2) is 22.7 Å². The molecule has 106 valence electrons. The lowest BCUT2D eigenvalue weighted by atomic mass is 9.96. The van der Waals surface area contributed by atoms with Gasteiger partial charge >= 0.3 is 0 Å². The first-order valence-electron chi connectivity index (χ1n) is 6.84. The van der Waals surface area contributed by atoms with Crippen LogP contribution in [-0.2, 0) is 5.33 Å². The van der Waals surface area contributed by atoms with Gasteiger partial charge in [0.15, 0.2) is 0 Å². The van der Waals surface area contributed by atoms with Crippen LogP contribution in [0.1, 0.15) is 18.4 Å². The molecule has 0 atom stereocenters. The highest BCUT2D eigenvalue weighted by atomic mass is 79.9. The van der Waals surface area contributed by atoms with Gasteiger partial charge < -0.3 is 9.80 Å². The van der Waals surface area contributed by atoms with Gasteiger partial charge in [-0.3, -0.25) is 0 Å². The van der Waals surface area contributed by atoms with E-state index < -0.39 is 0 Å². The molecule has 0 radical (unpaired) electrons. The minimum absolute atomic E-state index is 0.827. The van der Waals surface area contributed by atoms with Gasteiger partial charge in [-0.1, -0.05) is 31.9 Å². The van der Waals surface area contributed by atoms with E-state index in [1.807, 2.05) is 0 Å². The predicted octanol–water partition coefficient (Wildman–Crippen LogP) is 4.12. The number of likely N-dealkylation sites (tertiary alicyclic amines) is 1. The molecule has 19 heavy (non-hydrogen) atoms. The van der Waals surface area contributed by atoms with E-state index in [2.05, 4.69) is 74.0 Å². The Labute approximate surface area is 133 Å². The fourth-order valence-corrected chi connectivity index (χ4v) is 3.62. The van der Waals surface area contributed by atoms with Gasteiger partial charge in [0.1, 0.15) is 0 Å². The molecule has 0 N–H and O–H groups in total. The Hall–Kier alpha value is -0.0600. The highest BCUT2D eigenvalue weighted by molar-refractivity contribution is 9.10. The molecule has 1 aromatic carbocycles. The summed E-state index contributed by atoms with van der Waals surface area (Å²) in [6.45, 7) is 3.64. The van der Waals surface area contributed by atoms with Crippen molar-refractivity contribution in [3.05, 3.63) is 28.2 Å². The molecule has 1 heterocycles. The maximum atomic E-state index is 3.59. The first-order valence-corrected chi connectivity index (χ1v) is 8.75. The molecular formula is C15H22Br2N2. The molecular weight excluding hydrogens is 368 g/mol. The number of hydrogen-bond acceptors (Lipinski definition) is 2. The van der Waals surface area contributed by atoms with Gasteiger partial charge in [-0.05, 0) is 62.7 Å². The Morgan fingerprint density at radius 2 is 2.00 bits per heavy atom. The Kier molecular flexibility index (Phi) is 5.72. The molecule has 1 saturated heterocycles. The molecule has 4 heteroatoms. The maximum absolute atomic E-state index is 3.59. The molecule has 0 spiro atoms. The summed E-state index contributed by atoms with van der Waals surface area (Å²) in [5, 5.41) is 0.902. The predicted molar refractivity (Wildman–Crippen MR) is 90.3 cm³/mol. The van der Waals surface area contributed by atoms with Gasteiger partial charge in [0, 0.05) is 29.1 Å². The summed E-state index contributed by atoms with van der Waals surface area (Å²) in [7, 11) is 4.44. The molecule has 0 unspecified atom stereocenters. The number of hydrogen-bond donors (Lipinski definition) is 0. The molecule has 0 aliphatic carbocycles. The number of nitrogens with zero attached hydrogens (tertiary/aromatic N) is 2. The number of alkyl halides is 1. The van der Waals surface area contributed by atoms with Crippen molar-refractivity contribution in [2.45, 2.75) is 18.2 Å². The molecule has 0 aromatic heterocycles. The summed E-state index contributed by atoms with van der Waals surface area (Å²) in [5.41, 5.74) is 2.70. The standard InChI is InChI=1S/C15H22Br2N2/c1-18-7-5-12(6-8-18)11-19(2)15-4-3-14(17)9-13(15)10-16/h3-4,9,12H,5-8,10-11H2,1-2H3. The topological polar surface area (TPSA) is 6.48 Å². The lowest BCUT2D eigenvalue weighted by molar-refractivity contribution is 0.222. The van der Waals surface area contributed by atoms with Crippen molar-refractivity contribution < 1.29 is 0 Å². The lowest BCUT2D eigenvalue weighted by Gasteiger charge is -2.33. The van der Waals surface area contributed by atoms with Gasteiger partial charge in [0.05, 0.1) is 0 Å². The third kappa shape index (κ3) is 4.20. The second-order valence-corrected chi connectivity index (χ2v) is 7.01. The van der Waals surface area contributed by atoms with Crippen molar-refractivity contribution in [3.63, 3.8) is 0 Å². The zero-order valence-electron chi connectivity index (χ0n) is 11.7. The molecule has 1 aromatic rings. The second-order valence-electron chi connectivity index (χ2n) is 5.53. The van der Waals surface area contributed by atoms with Crippen LogP contribution in [0, 0.1) is 5.92 Å². The van der Waals surface area contributed by atoms with E-state index in [0.717, 1.165) is 22.3 Å². The summed E-state index contributed by atoms with van der Waals surface area (Å²) >= 11 is 7.14. The van der Waals surface area contributed by atoms with E-state index in [-0.39, 0.29) is 0 Å². The number of piperidine rings is 1. The van der Waals surface area contributed by atoms with Crippen LogP contribution in [0.2, 0.25) is 0 Å². The molecule has 2 nitrogen and oxygen atoms in total. The average molecular weight is 390 g/mol. The molecule has 0 bridgehead atoms. The fourth-order valence-electron chi connectivity index (χ4n) is 2.76. The summed E-state index contributed by atoms with van der Waals surface area (Å²) in [5.74, 6) is 0.827. The zero-order chi connectivity index (χ0) is 13.8. The third-order valence-corrected chi connectivity index (χ3v) is 5.06. The van der Waals surface area contributed by atoms with Crippen LogP contribution in [0.4, 0.5) is 5.69 Å². The van der Waals surface area contributed by atoms with Crippen LogP contribution in [-0.4, -0.2) is 38.6 Å². The monoisotopic (exact) mass is 388 g/mol. The normalized spacial score (nSPS) is 17.7. The number of halogens is 2. The highest BCUT2D eigenvalue weighted by Gasteiger charge is 2.19. The van der Waals surface area contributed by atoms with Crippen LogP contribution in [0.25, 0.3) is 0 Å². The van der Waals surface area contributed by atoms with Crippen molar-refractivity contribution >= 4 is 37.5 Å². The average Bonchev–Trinajstić information content (AvgIpc) is 2.41. The van der Waals surface area contributed by atoms with E-state index in [9.17, 15) is 0 Å². The Balaban J connectivity index is 2.01. The first kappa shape index (κ1) is 15.3. The van der Waals surface area contributed by atoms with Crippen LogP contribution < -0.4 is 4.90 Å². The largest absolute Gasteiger partial charge is 0.374 e. The summed E-state index contributed by atoms with van der Waals surface area (Å²) in [6.07, 6.45) is 2.64. The minimum Gasteiger partial charge on any atom is -0.374 e. The van der Waals surface area contributed by atoms with Crippen molar-refractivity contribution in [3.8, 4) is 0 Å². The van der Waals surface area contributed by atoms with E-state index in [1.54, 1.807) is 0 Å². The SMILES string of the molecule is CN1CCC(CN(C)c2ccc(Br)cc2CBr)CC1. The van der Waals surface area contributed by atoms with E-state index >= 15 is 0 Å². The van der Waals surface area contributed by atoms with Crippen molar-refractivity contribution in [1.82, 2.24) is 4.90 Å². The van der Waals surface area contributed by atoms with Gasteiger partial charge in [0.25, 0.3) is 0 Å². The molecule has 1 aliphatic rings. The Morgan fingerprint density at radius 1 is 1.32 bits per heavy atom. The van der Waals surface area contributed by atoms with E-state index in [4.69, 9.17) is 0 Å². The zero-order valence-corrected chi connectivity index (χ0v) is 14.9. The number of anilines is 1. The molecule has 0 amide bonds. The number of benzene rings is 1. The van der Waals surface area contributed by atoms with Crippen LogP contribution >= 0.6 is 31.9 Å². The molecule has 1 aliphatic heterocycles. The Bertz CT molecular complexity index is 415. The summed E-state index contributed by atoms with van der Waals surface area (Å²) in [4.78, 5) is 4.85. The number of rotatable bonds is 4. The summed E-state index contributed by atoms with van der Waals surface area (Å²) < 4.78 is 1.15. The van der Waals surface area contributed by atoms with Crippen molar-refractivity contribution in [2.75, 3.05) is 38.6 Å². The van der Waals surface area contributed by atoms with Crippen molar-refractivity contribution in [2.24, 2.45) is 5.92 Å². The van der Waals surface area contributed by atoms with Gasteiger partial charge in [-0.25, -0.2) is 0 Å². The smallest absolute Gasteiger partial charge is 0.0405 e. The highest BCUT2D eigenvalue weighted by Crippen LogP contribution is 2.27. The fraction of sp³-hybridized carbons (Fsp3) is 0.600. The molecule has 2 rings (SSSR count). The second kappa shape index (κ2) is 7.09. The maximum Gasteiger partial charge on any atom is 0.0405 e. The van der Waals surface area contributed by atoms with Crippen LogP contribution in [0.3, 0.4) is 0 Å². The third-order valence-electron chi connectivity index (χ3n) is 3.97. The van der Waals surface area contributed by atoms with E-state index in [0.29, 0.717) is 0 Å². The van der Waals surface area contributed by atoms with Gasteiger partial charge in [-0.2, -0.15) is 0 Å². The minimum atomic E-state index is 0.827. The molecule has 0 saturated carbocycles. The van der Waals surface area contributed by atoms with E-state index in [1.165, 1.54) is 37.2 Å². The van der Waals surface area contributed by atoms with Crippen molar-refractivity contribution in [1.29, 1.82) is 0 Å². The van der Waals surface area contributed by atoms with Gasteiger partial charge in [-0.15, -0.1) is 0 Å². The first-order chi connectivity index (χ1) is 9.10. The lowest BCUT2D eigenvalue weighted by Crippen LogP contribution is -2.35.